The second-order valence-electron chi connectivity index (χ2n) is 8.51. The van der Waals surface area contributed by atoms with Crippen molar-refractivity contribution in [1.82, 2.24) is 24.8 Å². The largest absolute Gasteiger partial charge is 0.314 e. The van der Waals surface area contributed by atoms with Gasteiger partial charge in [-0.25, -0.2) is 15.1 Å². The molecule has 0 aliphatic rings. The van der Waals surface area contributed by atoms with Gasteiger partial charge in [-0.15, -0.1) is 0 Å². The Hall–Kier alpha value is -3.88. The van der Waals surface area contributed by atoms with Crippen molar-refractivity contribution in [3.8, 4) is 5.69 Å². The topological polar surface area (TPSA) is 77.1 Å². The predicted octanol–water partition coefficient (Wildman–Crippen LogP) is 5.78. The quantitative estimate of drug-likeness (QED) is 0.157. The van der Waals surface area contributed by atoms with Crippen molar-refractivity contribution in [2.45, 2.75) is 25.5 Å². The van der Waals surface area contributed by atoms with Crippen molar-refractivity contribution >= 4 is 46.5 Å². The normalized spacial score (nSPS) is 11.4. The first-order valence-corrected chi connectivity index (χ1v) is 13.1. The predicted molar refractivity (Wildman–Crippen MR) is 150 cm³/mol. The molecule has 186 valence electrons. The van der Waals surface area contributed by atoms with E-state index in [9.17, 15) is 4.79 Å². The number of aryl methyl sites for hydroxylation is 1. The number of hydrogen-bond donors (Lipinski definition) is 1. The monoisotopic (exact) mass is 528 g/mol. The number of rotatable bonds is 8. The molecule has 0 saturated carbocycles. The van der Waals surface area contributed by atoms with Gasteiger partial charge >= 0.3 is 0 Å². The third kappa shape index (κ3) is 5.60. The number of nitrogens with one attached hydrogen (secondary N) is 1. The van der Waals surface area contributed by atoms with Crippen LogP contribution in [0.3, 0.4) is 0 Å². The molecule has 1 amide bonds. The molecule has 2 aromatic heterocycles. The maximum Gasteiger partial charge on any atom is 0.250 e. The van der Waals surface area contributed by atoms with Crippen LogP contribution in [0.4, 0.5) is 0 Å². The molecular formula is C28H25ClN6OS. The van der Waals surface area contributed by atoms with E-state index in [1.54, 1.807) is 6.21 Å². The molecular weight excluding hydrogens is 504 g/mol. The summed E-state index contributed by atoms with van der Waals surface area (Å²) in [4.78, 5) is 17.4. The van der Waals surface area contributed by atoms with Gasteiger partial charge in [0.05, 0.1) is 46.6 Å². The van der Waals surface area contributed by atoms with Crippen LogP contribution in [-0.2, 0) is 11.3 Å². The van der Waals surface area contributed by atoms with Crippen molar-refractivity contribution in [2.24, 2.45) is 5.10 Å². The van der Waals surface area contributed by atoms with Gasteiger partial charge < -0.3 is 4.57 Å². The van der Waals surface area contributed by atoms with E-state index >= 15 is 0 Å². The van der Waals surface area contributed by atoms with Gasteiger partial charge in [-0.3, -0.25) is 4.79 Å². The Balaban J connectivity index is 1.26. The molecule has 7 nitrogen and oxygen atoms in total. The summed E-state index contributed by atoms with van der Waals surface area (Å²) in [5, 5.41) is 10.3. The lowest BCUT2D eigenvalue weighted by atomic mass is 10.2. The van der Waals surface area contributed by atoms with Crippen LogP contribution in [0.25, 0.3) is 16.7 Å². The molecule has 37 heavy (non-hydrogen) atoms. The van der Waals surface area contributed by atoms with Crippen LogP contribution in [0.1, 0.15) is 22.5 Å². The number of hydrogen-bond acceptors (Lipinski definition) is 5. The third-order valence-electron chi connectivity index (χ3n) is 5.94. The van der Waals surface area contributed by atoms with Crippen molar-refractivity contribution in [1.29, 1.82) is 0 Å². The number of para-hydroxylation sites is 3. The summed E-state index contributed by atoms with van der Waals surface area (Å²) in [6, 6.07) is 25.6. The third-order valence-corrected chi connectivity index (χ3v) is 7.17. The molecule has 2 heterocycles. The lowest BCUT2D eigenvalue weighted by molar-refractivity contribution is -0.118. The molecule has 1 N–H and O–H groups in total. The molecule has 0 fully saturated rings. The van der Waals surface area contributed by atoms with E-state index < -0.39 is 0 Å². The molecule has 0 saturated heterocycles. The van der Waals surface area contributed by atoms with Gasteiger partial charge in [0.15, 0.2) is 5.16 Å². The Bertz CT molecular complexity index is 1570. The molecule has 0 radical (unpaired) electrons. The number of thioether (sulfide) groups is 1. The molecule has 0 unspecified atom stereocenters. The van der Waals surface area contributed by atoms with Gasteiger partial charge in [0.2, 0.25) is 0 Å². The van der Waals surface area contributed by atoms with E-state index in [-0.39, 0.29) is 11.7 Å². The average molecular weight is 529 g/mol. The van der Waals surface area contributed by atoms with Crippen molar-refractivity contribution in [2.75, 3.05) is 5.75 Å². The van der Waals surface area contributed by atoms with Crippen LogP contribution in [0.15, 0.2) is 89.1 Å². The molecule has 5 rings (SSSR count). The number of fused-ring (bicyclic) bond motifs is 1. The highest BCUT2D eigenvalue weighted by atomic mass is 35.5. The minimum Gasteiger partial charge on any atom is -0.314 e. The lowest BCUT2D eigenvalue weighted by Crippen LogP contribution is -2.20. The smallest absolute Gasteiger partial charge is 0.250 e. The molecule has 0 aliphatic heterocycles. The summed E-state index contributed by atoms with van der Waals surface area (Å²) in [5.41, 5.74) is 9.28. The number of aromatic nitrogens is 4. The SMILES string of the molecule is Cc1nn(-c2ccccc2)c(C)c1/C=N/NC(=O)CSc1nc2ccccc2n1Cc1ccc(Cl)cc1. The van der Waals surface area contributed by atoms with Gasteiger partial charge in [0.1, 0.15) is 0 Å². The fourth-order valence-corrected chi connectivity index (χ4v) is 5.01. The summed E-state index contributed by atoms with van der Waals surface area (Å²) < 4.78 is 3.99. The van der Waals surface area contributed by atoms with Gasteiger partial charge in [-0.2, -0.15) is 10.2 Å². The number of nitrogens with zero attached hydrogens (tertiary/aromatic N) is 5. The van der Waals surface area contributed by atoms with E-state index in [0.29, 0.717) is 11.6 Å². The van der Waals surface area contributed by atoms with Crippen LogP contribution in [0.5, 0.6) is 0 Å². The van der Waals surface area contributed by atoms with Crippen molar-refractivity contribution in [3.05, 3.63) is 106 Å². The van der Waals surface area contributed by atoms with Crippen LogP contribution in [0.2, 0.25) is 5.02 Å². The summed E-state index contributed by atoms with van der Waals surface area (Å²) in [6.45, 7) is 4.54. The summed E-state index contributed by atoms with van der Waals surface area (Å²) in [5.74, 6) is -0.0280. The van der Waals surface area contributed by atoms with Crippen molar-refractivity contribution < 1.29 is 4.79 Å². The highest BCUT2D eigenvalue weighted by Crippen LogP contribution is 2.25. The molecule has 0 bridgehead atoms. The fraction of sp³-hybridized carbons (Fsp3) is 0.143. The van der Waals surface area contributed by atoms with Gasteiger partial charge in [0, 0.05) is 10.6 Å². The van der Waals surface area contributed by atoms with E-state index in [1.807, 2.05) is 97.4 Å². The number of benzene rings is 3. The molecule has 3 aromatic carbocycles. The minimum atomic E-state index is -0.211. The first-order chi connectivity index (χ1) is 18.0. The Labute approximate surface area is 224 Å². The summed E-state index contributed by atoms with van der Waals surface area (Å²) >= 11 is 7.43. The zero-order chi connectivity index (χ0) is 25.8. The van der Waals surface area contributed by atoms with Gasteiger partial charge in [-0.05, 0) is 55.8 Å². The summed E-state index contributed by atoms with van der Waals surface area (Å²) in [6.07, 6.45) is 1.65. The van der Waals surface area contributed by atoms with Gasteiger partial charge in [0.25, 0.3) is 5.91 Å². The maximum atomic E-state index is 12.6. The Morgan fingerprint density at radius 1 is 1.03 bits per heavy atom. The van der Waals surface area contributed by atoms with E-state index in [0.717, 1.165) is 44.4 Å². The highest BCUT2D eigenvalue weighted by molar-refractivity contribution is 7.99. The zero-order valence-corrected chi connectivity index (χ0v) is 22.0. The second-order valence-corrected chi connectivity index (χ2v) is 9.89. The van der Waals surface area contributed by atoms with E-state index in [1.165, 1.54) is 11.8 Å². The number of carbonyl (C=O) groups is 1. The first-order valence-electron chi connectivity index (χ1n) is 11.8. The number of amides is 1. The minimum absolute atomic E-state index is 0.183. The fourth-order valence-electron chi connectivity index (χ4n) is 4.08. The molecule has 0 aliphatic carbocycles. The molecule has 0 spiro atoms. The van der Waals surface area contributed by atoms with Gasteiger partial charge in [-0.1, -0.05) is 65.8 Å². The number of carbonyl (C=O) groups excluding carboxylic acids is 1. The maximum absolute atomic E-state index is 12.6. The Kier molecular flexibility index (Phi) is 7.39. The number of hydrazone groups is 1. The number of imidazole rings is 1. The Morgan fingerprint density at radius 3 is 2.54 bits per heavy atom. The van der Waals surface area contributed by atoms with Crippen LogP contribution < -0.4 is 5.43 Å². The second kappa shape index (κ2) is 11.0. The standard InChI is InChI=1S/C28H25ClN6OS/c1-19-24(20(2)35(33-19)23-8-4-3-5-9-23)16-30-32-27(36)18-37-28-31-25-10-6-7-11-26(25)34(28)17-21-12-14-22(29)15-13-21/h3-16H,17-18H2,1-2H3,(H,32,36)/b30-16+. The van der Waals surface area contributed by atoms with Crippen LogP contribution in [-0.4, -0.2) is 37.2 Å². The van der Waals surface area contributed by atoms with Crippen LogP contribution in [0, 0.1) is 13.8 Å². The Morgan fingerprint density at radius 2 is 1.76 bits per heavy atom. The van der Waals surface area contributed by atoms with Crippen molar-refractivity contribution in [3.63, 3.8) is 0 Å². The molecule has 5 aromatic rings. The average Bonchev–Trinajstić information content (AvgIpc) is 3.41. The van der Waals surface area contributed by atoms with E-state index in [2.05, 4.69) is 20.2 Å². The van der Waals surface area contributed by atoms with Crippen LogP contribution >= 0.6 is 23.4 Å². The number of halogens is 1. The summed E-state index contributed by atoms with van der Waals surface area (Å²) in [7, 11) is 0. The van der Waals surface area contributed by atoms with E-state index in [4.69, 9.17) is 16.6 Å². The zero-order valence-electron chi connectivity index (χ0n) is 20.4. The highest BCUT2D eigenvalue weighted by Gasteiger charge is 2.14. The molecule has 9 heteroatoms. The molecule has 0 atom stereocenters. The first kappa shape index (κ1) is 24.8. The lowest BCUT2D eigenvalue weighted by Gasteiger charge is -2.09.